The van der Waals surface area contributed by atoms with Gasteiger partial charge in [-0.25, -0.2) is 8.42 Å². The fourth-order valence-electron chi connectivity index (χ4n) is 1.85. The van der Waals surface area contributed by atoms with Crippen LogP contribution in [0, 0.1) is 5.92 Å². The molecule has 0 radical (unpaired) electrons. The lowest BCUT2D eigenvalue weighted by atomic mass is 10.0. The summed E-state index contributed by atoms with van der Waals surface area (Å²) >= 11 is 0. The van der Waals surface area contributed by atoms with E-state index in [1.165, 1.54) is 42.5 Å². The van der Waals surface area contributed by atoms with Crippen molar-refractivity contribution >= 4 is 21.9 Å². The van der Waals surface area contributed by atoms with Crippen LogP contribution in [0.4, 0.5) is 0 Å². The zero-order valence-electron chi connectivity index (χ0n) is 14.5. The molecule has 0 aliphatic carbocycles. The number of hydrogen-bond donors (Lipinski definition) is 2. The fourth-order valence-corrected chi connectivity index (χ4v) is 3.22. The Morgan fingerprint density at radius 3 is 2.00 bits per heavy atom. The molecule has 24 heavy (non-hydrogen) atoms. The minimum atomic E-state index is -3.60. The highest BCUT2D eigenvalue weighted by molar-refractivity contribution is 7.89. The molecule has 2 N–H and O–H groups in total. The first-order valence-electron chi connectivity index (χ1n) is 7.60. The van der Waals surface area contributed by atoms with Gasteiger partial charge in [0, 0.05) is 24.7 Å². The number of amides is 1. The molecule has 1 aromatic carbocycles. The van der Waals surface area contributed by atoms with Crippen LogP contribution in [0.25, 0.3) is 0 Å². The summed E-state index contributed by atoms with van der Waals surface area (Å²) in [5, 5.41) is 11.5. The third-order valence-electron chi connectivity index (χ3n) is 4.02. The molecule has 1 aromatic rings. The first-order chi connectivity index (χ1) is 11.0. The number of nitrogens with one attached hydrogen (secondary N) is 1. The smallest absolute Gasteiger partial charge is 0.308 e. The molecule has 0 saturated heterocycles. The number of aliphatic carboxylic acids is 1. The maximum Gasteiger partial charge on any atom is 0.308 e. The lowest BCUT2D eigenvalue weighted by molar-refractivity contribution is -0.141. The van der Waals surface area contributed by atoms with Crippen molar-refractivity contribution in [3.8, 4) is 0 Å². The standard InChI is InChI=1S/C16H24N2O5S/c1-10(2)18(5)24(22,23)14-8-6-13(7-9-14)15(19)17-12(4)11(3)16(20)21/h6-12H,1-5H3,(H,17,19)(H,20,21). The zero-order chi connectivity index (χ0) is 18.7. The van der Waals surface area contributed by atoms with Crippen LogP contribution in [0.3, 0.4) is 0 Å². The van der Waals surface area contributed by atoms with Crippen LogP contribution >= 0.6 is 0 Å². The number of carboxylic acids is 1. The Bertz CT molecular complexity index is 698. The Kier molecular flexibility index (Phi) is 6.50. The van der Waals surface area contributed by atoms with Crippen molar-refractivity contribution in [1.82, 2.24) is 9.62 Å². The van der Waals surface area contributed by atoms with Crippen LogP contribution in [-0.2, 0) is 14.8 Å². The monoisotopic (exact) mass is 356 g/mol. The topological polar surface area (TPSA) is 104 Å². The van der Waals surface area contributed by atoms with E-state index in [1.54, 1.807) is 20.8 Å². The maximum absolute atomic E-state index is 12.4. The Balaban J connectivity index is 2.92. The third-order valence-corrected chi connectivity index (χ3v) is 6.07. The van der Waals surface area contributed by atoms with Gasteiger partial charge < -0.3 is 10.4 Å². The van der Waals surface area contributed by atoms with Crippen LogP contribution in [0.1, 0.15) is 38.1 Å². The molecule has 7 nitrogen and oxygen atoms in total. The van der Waals surface area contributed by atoms with E-state index in [9.17, 15) is 18.0 Å². The van der Waals surface area contributed by atoms with Gasteiger partial charge in [0.1, 0.15) is 0 Å². The van der Waals surface area contributed by atoms with E-state index in [2.05, 4.69) is 5.32 Å². The summed E-state index contributed by atoms with van der Waals surface area (Å²) in [4.78, 5) is 23.1. The molecule has 2 atom stereocenters. The third kappa shape index (κ3) is 4.55. The van der Waals surface area contributed by atoms with E-state index in [1.807, 2.05) is 0 Å². The highest BCUT2D eigenvalue weighted by Crippen LogP contribution is 2.17. The Morgan fingerprint density at radius 2 is 1.58 bits per heavy atom. The summed E-state index contributed by atoms with van der Waals surface area (Å²) in [7, 11) is -2.11. The molecule has 1 rings (SSSR count). The number of hydrogen-bond acceptors (Lipinski definition) is 4. The van der Waals surface area contributed by atoms with Gasteiger partial charge in [0.05, 0.1) is 10.8 Å². The summed E-state index contributed by atoms with van der Waals surface area (Å²) in [6.45, 7) is 6.65. The van der Waals surface area contributed by atoms with Crippen LogP contribution in [0.15, 0.2) is 29.2 Å². The van der Waals surface area contributed by atoms with Crippen molar-refractivity contribution in [3.63, 3.8) is 0 Å². The van der Waals surface area contributed by atoms with Gasteiger partial charge in [-0.3, -0.25) is 9.59 Å². The van der Waals surface area contributed by atoms with Gasteiger partial charge in [-0.2, -0.15) is 4.31 Å². The van der Waals surface area contributed by atoms with Gasteiger partial charge in [-0.1, -0.05) is 0 Å². The van der Waals surface area contributed by atoms with Gasteiger partial charge in [-0.15, -0.1) is 0 Å². The molecule has 0 saturated carbocycles. The number of rotatable bonds is 7. The second kappa shape index (κ2) is 7.76. The number of carboxylic acid groups (broad SMARTS) is 1. The largest absolute Gasteiger partial charge is 0.481 e. The van der Waals surface area contributed by atoms with E-state index in [0.717, 1.165) is 0 Å². The van der Waals surface area contributed by atoms with Gasteiger partial charge in [-0.05, 0) is 52.0 Å². The molecule has 134 valence electrons. The molecule has 0 aliphatic rings. The van der Waals surface area contributed by atoms with Crippen molar-refractivity contribution in [2.24, 2.45) is 5.92 Å². The number of sulfonamides is 1. The van der Waals surface area contributed by atoms with E-state index in [4.69, 9.17) is 5.11 Å². The van der Waals surface area contributed by atoms with Crippen LogP contribution in [0.5, 0.6) is 0 Å². The Labute approximate surface area is 142 Å². The minimum Gasteiger partial charge on any atom is -0.481 e. The molecule has 0 fully saturated rings. The second-order valence-electron chi connectivity index (χ2n) is 6.03. The van der Waals surface area contributed by atoms with E-state index in [0.29, 0.717) is 0 Å². The zero-order valence-corrected chi connectivity index (χ0v) is 15.3. The summed E-state index contributed by atoms with van der Waals surface area (Å²) < 4.78 is 26.0. The van der Waals surface area contributed by atoms with Crippen LogP contribution in [0.2, 0.25) is 0 Å². The summed E-state index contributed by atoms with van der Waals surface area (Å²) in [6, 6.07) is 4.83. The molecule has 0 aromatic heterocycles. The number of benzene rings is 1. The summed E-state index contributed by atoms with van der Waals surface area (Å²) in [6.07, 6.45) is 0. The first kappa shape index (κ1) is 20.1. The van der Waals surface area contributed by atoms with Gasteiger partial charge in [0.25, 0.3) is 5.91 Å². The number of carbonyl (C=O) groups excluding carboxylic acids is 1. The highest BCUT2D eigenvalue weighted by Gasteiger charge is 2.24. The van der Waals surface area contributed by atoms with Gasteiger partial charge in [0.15, 0.2) is 0 Å². The summed E-state index contributed by atoms with van der Waals surface area (Å²) in [5.74, 6) is -2.17. The molecule has 2 unspecified atom stereocenters. The molecule has 0 bridgehead atoms. The fraction of sp³-hybridized carbons (Fsp3) is 0.500. The van der Waals surface area contributed by atoms with E-state index < -0.39 is 33.9 Å². The van der Waals surface area contributed by atoms with Crippen LogP contribution < -0.4 is 5.32 Å². The van der Waals surface area contributed by atoms with E-state index in [-0.39, 0.29) is 16.5 Å². The highest BCUT2D eigenvalue weighted by atomic mass is 32.2. The molecule has 1 amide bonds. The molecule has 0 spiro atoms. The van der Waals surface area contributed by atoms with Crippen molar-refractivity contribution in [1.29, 1.82) is 0 Å². The van der Waals surface area contributed by atoms with Crippen molar-refractivity contribution in [3.05, 3.63) is 29.8 Å². The average molecular weight is 356 g/mol. The molecule has 0 heterocycles. The van der Waals surface area contributed by atoms with Crippen LogP contribution in [-0.4, -0.2) is 48.8 Å². The van der Waals surface area contributed by atoms with Gasteiger partial charge >= 0.3 is 5.97 Å². The normalized spacial score (nSPS) is 14.5. The molecule has 0 aliphatic heterocycles. The average Bonchev–Trinajstić information content (AvgIpc) is 2.52. The summed E-state index contributed by atoms with van der Waals surface area (Å²) in [5.41, 5.74) is 0.269. The maximum atomic E-state index is 12.4. The van der Waals surface area contributed by atoms with Crippen molar-refractivity contribution in [2.75, 3.05) is 7.05 Å². The first-order valence-corrected chi connectivity index (χ1v) is 9.04. The molecule has 8 heteroatoms. The predicted molar refractivity (Wildman–Crippen MR) is 90.3 cm³/mol. The van der Waals surface area contributed by atoms with Gasteiger partial charge in [0.2, 0.25) is 10.0 Å². The number of nitrogens with zero attached hydrogens (tertiary/aromatic N) is 1. The second-order valence-corrected chi connectivity index (χ2v) is 8.03. The Morgan fingerprint density at radius 1 is 1.08 bits per heavy atom. The van der Waals surface area contributed by atoms with E-state index >= 15 is 0 Å². The van der Waals surface area contributed by atoms with Crippen molar-refractivity contribution in [2.45, 2.75) is 44.7 Å². The molecular formula is C16H24N2O5S. The lowest BCUT2D eigenvalue weighted by Crippen LogP contribution is -2.40. The quantitative estimate of drug-likeness (QED) is 0.771. The van der Waals surface area contributed by atoms with Crippen molar-refractivity contribution < 1.29 is 23.1 Å². The minimum absolute atomic E-state index is 0.0993. The lowest BCUT2D eigenvalue weighted by Gasteiger charge is -2.21. The number of carbonyl (C=O) groups is 2. The SMILES string of the molecule is CC(NC(=O)c1ccc(S(=O)(=O)N(C)C(C)C)cc1)C(C)C(=O)O. The molecular weight excluding hydrogens is 332 g/mol. The predicted octanol–water partition coefficient (Wildman–Crippen LogP) is 1.55. The Hall–Kier alpha value is -1.93.